The van der Waals surface area contributed by atoms with Crippen LogP contribution in [-0.2, 0) is 6.42 Å². The van der Waals surface area contributed by atoms with E-state index in [1.54, 1.807) is 11.3 Å². The Morgan fingerprint density at radius 1 is 1.60 bits per heavy atom. The number of rotatable bonds is 2. The van der Waals surface area contributed by atoms with E-state index in [1.807, 2.05) is 6.07 Å². The Labute approximate surface area is 65.9 Å². The molecule has 1 heterocycles. The third-order valence-electron chi connectivity index (χ3n) is 2.24. The van der Waals surface area contributed by atoms with Gasteiger partial charge in [0.2, 0.25) is 0 Å². The molecule has 1 aromatic rings. The number of thiophene rings is 1. The second-order valence-corrected chi connectivity index (χ2v) is 3.98. The van der Waals surface area contributed by atoms with Crippen molar-refractivity contribution in [1.29, 1.82) is 0 Å². The van der Waals surface area contributed by atoms with E-state index in [9.17, 15) is 0 Å². The van der Waals surface area contributed by atoms with E-state index < -0.39 is 0 Å². The topological polar surface area (TPSA) is 0 Å². The fraction of sp³-hybridized carbons (Fsp3) is 0.556. The van der Waals surface area contributed by atoms with Crippen molar-refractivity contribution in [2.45, 2.75) is 25.7 Å². The molecule has 0 bridgehead atoms. The molecule has 0 aromatic carbocycles. The Hall–Kier alpha value is -0.300. The van der Waals surface area contributed by atoms with Gasteiger partial charge in [-0.15, -0.1) is 11.3 Å². The minimum absolute atomic E-state index is 1.01. The van der Waals surface area contributed by atoms with Gasteiger partial charge in [-0.3, -0.25) is 0 Å². The van der Waals surface area contributed by atoms with Crippen LogP contribution in [0.25, 0.3) is 0 Å². The fourth-order valence-electron chi connectivity index (χ4n) is 1.36. The summed E-state index contributed by atoms with van der Waals surface area (Å²) in [5, 5.41) is 3.12. The zero-order valence-corrected chi connectivity index (χ0v) is 6.79. The first-order chi connectivity index (χ1) is 4.95. The average Bonchev–Trinajstić information content (AvgIpc) is 2.29. The van der Waals surface area contributed by atoms with Gasteiger partial charge in [0.25, 0.3) is 0 Å². The van der Waals surface area contributed by atoms with Crippen molar-refractivity contribution in [3.63, 3.8) is 0 Å². The van der Waals surface area contributed by atoms with Gasteiger partial charge in [-0.1, -0.05) is 19.3 Å². The van der Waals surface area contributed by atoms with E-state index >= 15 is 0 Å². The number of hydrogen-bond donors (Lipinski definition) is 0. The summed E-state index contributed by atoms with van der Waals surface area (Å²) >= 11 is 1.78. The highest BCUT2D eigenvalue weighted by atomic mass is 32.1. The Bertz CT molecular complexity index is 185. The molecule has 0 N–H and O–H groups in total. The van der Waals surface area contributed by atoms with Crippen molar-refractivity contribution >= 4 is 11.3 Å². The quantitative estimate of drug-likeness (QED) is 0.609. The van der Waals surface area contributed by atoms with Gasteiger partial charge in [-0.2, -0.15) is 0 Å². The van der Waals surface area contributed by atoms with Gasteiger partial charge < -0.3 is 0 Å². The molecule has 1 aliphatic carbocycles. The van der Waals surface area contributed by atoms with E-state index in [-0.39, 0.29) is 0 Å². The second kappa shape index (κ2) is 2.75. The lowest BCUT2D eigenvalue weighted by Crippen LogP contribution is -2.12. The molecule has 1 heteroatoms. The molecule has 0 nitrogen and oxygen atoms in total. The van der Waals surface area contributed by atoms with Crippen LogP contribution in [-0.4, -0.2) is 0 Å². The zero-order valence-electron chi connectivity index (χ0n) is 5.97. The van der Waals surface area contributed by atoms with Crippen LogP contribution in [0.15, 0.2) is 12.1 Å². The first-order valence-corrected chi connectivity index (χ1v) is 4.71. The molecule has 1 radical (unpaired) electrons. The Kier molecular flexibility index (Phi) is 1.76. The molecule has 1 saturated carbocycles. The Morgan fingerprint density at radius 3 is 3.00 bits per heavy atom. The maximum atomic E-state index is 3.12. The van der Waals surface area contributed by atoms with Gasteiger partial charge in [0.15, 0.2) is 0 Å². The van der Waals surface area contributed by atoms with Crippen LogP contribution in [0, 0.1) is 11.3 Å². The van der Waals surface area contributed by atoms with E-state index in [0.717, 1.165) is 5.92 Å². The van der Waals surface area contributed by atoms with E-state index in [0.29, 0.717) is 0 Å². The summed E-state index contributed by atoms with van der Waals surface area (Å²) in [7, 11) is 0. The van der Waals surface area contributed by atoms with E-state index in [1.165, 1.54) is 30.6 Å². The van der Waals surface area contributed by atoms with Crippen LogP contribution >= 0.6 is 11.3 Å². The lowest BCUT2D eigenvalue weighted by molar-refractivity contribution is 0.316. The molecule has 0 aliphatic heterocycles. The van der Waals surface area contributed by atoms with Crippen molar-refractivity contribution in [3.8, 4) is 0 Å². The average molecular weight is 151 g/mol. The summed E-state index contributed by atoms with van der Waals surface area (Å²) in [6.07, 6.45) is 5.68. The molecule has 10 heavy (non-hydrogen) atoms. The highest BCUT2D eigenvalue weighted by Gasteiger charge is 2.17. The minimum atomic E-state index is 1.01. The van der Waals surface area contributed by atoms with Gasteiger partial charge in [0.1, 0.15) is 0 Å². The molecular formula is C9H11S. The maximum absolute atomic E-state index is 3.12. The molecule has 1 fully saturated rings. The molecule has 0 spiro atoms. The largest absolute Gasteiger partial charge is 0.139 e. The predicted octanol–water partition coefficient (Wildman–Crippen LogP) is 2.89. The van der Waals surface area contributed by atoms with Crippen molar-refractivity contribution in [2.75, 3.05) is 0 Å². The van der Waals surface area contributed by atoms with Gasteiger partial charge in [-0.25, -0.2) is 0 Å². The van der Waals surface area contributed by atoms with E-state index in [2.05, 4.69) is 11.4 Å². The molecular weight excluding hydrogens is 140 g/mol. The Morgan fingerprint density at radius 2 is 2.50 bits per heavy atom. The van der Waals surface area contributed by atoms with Gasteiger partial charge >= 0.3 is 0 Å². The summed E-state index contributed by atoms with van der Waals surface area (Å²) in [4.78, 5) is 1.52. The first kappa shape index (κ1) is 6.41. The third-order valence-corrected chi connectivity index (χ3v) is 3.06. The fourth-order valence-corrected chi connectivity index (χ4v) is 2.10. The summed E-state index contributed by atoms with van der Waals surface area (Å²) in [5.74, 6) is 1.01. The van der Waals surface area contributed by atoms with Crippen molar-refractivity contribution in [1.82, 2.24) is 0 Å². The minimum Gasteiger partial charge on any atom is -0.139 e. The van der Waals surface area contributed by atoms with Crippen LogP contribution in [0.5, 0.6) is 0 Å². The highest BCUT2D eigenvalue weighted by Crippen LogP contribution is 2.30. The summed E-state index contributed by atoms with van der Waals surface area (Å²) in [6, 6.07) is 4.22. The molecule has 0 atom stereocenters. The molecule has 53 valence electrons. The molecule has 0 amide bonds. The summed E-state index contributed by atoms with van der Waals surface area (Å²) in [6.45, 7) is 0. The molecule has 1 aliphatic rings. The van der Waals surface area contributed by atoms with Crippen LogP contribution < -0.4 is 0 Å². The summed E-state index contributed by atoms with van der Waals surface area (Å²) < 4.78 is 0. The van der Waals surface area contributed by atoms with Crippen molar-refractivity contribution < 1.29 is 0 Å². The zero-order chi connectivity index (χ0) is 6.81. The van der Waals surface area contributed by atoms with Crippen molar-refractivity contribution in [3.05, 3.63) is 22.4 Å². The Balaban J connectivity index is 1.90. The SMILES string of the molecule is [c]1ccc(CC2CCC2)s1. The predicted molar refractivity (Wildman–Crippen MR) is 44.2 cm³/mol. The van der Waals surface area contributed by atoms with Gasteiger partial charge in [0.05, 0.1) is 0 Å². The standard InChI is InChI=1S/C9H11S/c1-3-8(4-1)7-9-5-2-6-10-9/h2,5,8H,1,3-4,7H2. The summed E-state index contributed by atoms with van der Waals surface area (Å²) in [5.41, 5.74) is 0. The van der Waals surface area contributed by atoms with Crippen LogP contribution in [0.3, 0.4) is 0 Å². The highest BCUT2D eigenvalue weighted by molar-refractivity contribution is 7.09. The number of hydrogen-bond acceptors (Lipinski definition) is 1. The lowest BCUT2D eigenvalue weighted by atomic mass is 9.83. The lowest BCUT2D eigenvalue weighted by Gasteiger charge is -2.24. The van der Waals surface area contributed by atoms with Crippen LogP contribution in [0.4, 0.5) is 0 Å². The molecule has 1 aromatic heterocycles. The van der Waals surface area contributed by atoms with Gasteiger partial charge in [-0.05, 0) is 24.5 Å². The van der Waals surface area contributed by atoms with Crippen LogP contribution in [0.2, 0.25) is 0 Å². The smallest absolute Gasteiger partial charge is 0.0445 e. The first-order valence-electron chi connectivity index (χ1n) is 3.90. The van der Waals surface area contributed by atoms with Crippen LogP contribution in [0.1, 0.15) is 24.1 Å². The second-order valence-electron chi connectivity index (χ2n) is 3.02. The monoisotopic (exact) mass is 151 g/mol. The third kappa shape index (κ3) is 1.24. The van der Waals surface area contributed by atoms with Crippen molar-refractivity contribution in [2.24, 2.45) is 5.92 Å². The maximum Gasteiger partial charge on any atom is 0.0445 e. The molecule has 0 unspecified atom stereocenters. The molecule has 0 saturated heterocycles. The normalized spacial score (nSPS) is 18.8. The van der Waals surface area contributed by atoms with E-state index in [4.69, 9.17) is 0 Å². The van der Waals surface area contributed by atoms with Gasteiger partial charge in [0, 0.05) is 10.3 Å². The molecule has 2 rings (SSSR count).